The van der Waals surface area contributed by atoms with Gasteiger partial charge in [0.2, 0.25) is 0 Å². The summed E-state index contributed by atoms with van der Waals surface area (Å²) in [6.45, 7) is 0. The van der Waals surface area contributed by atoms with Crippen LogP contribution in [0.1, 0.15) is 24.3 Å². The molecular formula is C46H34N4. The van der Waals surface area contributed by atoms with Gasteiger partial charge in [-0.25, -0.2) is 9.97 Å². The van der Waals surface area contributed by atoms with E-state index < -0.39 is 0 Å². The van der Waals surface area contributed by atoms with Crippen LogP contribution in [0, 0.1) is 0 Å². The van der Waals surface area contributed by atoms with Crippen LogP contribution >= 0.6 is 0 Å². The molecule has 1 aliphatic carbocycles. The van der Waals surface area contributed by atoms with Crippen molar-refractivity contribution < 1.29 is 0 Å². The van der Waals surface area contributed by atoms with Crippen LogP contribution in [-0.2, 0) is 0 Å². The molecule has 4 nitrogen and oxygen atoms in total. The normalized spacial score (nSPS) is 16.5. The van der Waals surface area contributed by atoms with Gasteiger partial charge in [0.05, 0.1) is 22.4 Å². The van der Waals surface area contributed by atoms with Crippen LogP contribution < -0.4 is 4.90 Å². The molecule has 1 aliphatic heterocycles. The van der Waals surface area contributed by atoms with Crippen LogP contribution in [0.25, 0.3) is 61.4 Å². The lowest BCUT2D eigenvalue weighted by Crippen LogP contribution is -2.31. The number of allylic oxidation sites excluding steroid dienone is 1. The zero-order chi connectivity index (χ0) is 33.0. The molecule has 0 fully saturated rings. The third kappa shape index (κ3) is 4.67. The molecule has 238 valence electrons. The first-order valence-corrected chi connectivity index (χ1v) is 17.5. The highest BCUT2D eigenvalue weighted by Crippen LogP contribution is 2.50. The maximum absolute atomic E-state index is 5.29. The van der Waals surface area contributed by atoms with Crippen molar-refractivity contribution in [2.24, 2.45) is 0 Å². The topological polar surface area (TPSA) is 34.0 Å². The van der Waals surface area contributed by atoms with Crippen LogP contribution in [0.2, 0.25) is 0 Å². The van der Waals surface area contributed by atoms with Gasteiger partial charge in [-0.05, 0) is 60.9 Å². The molecule has 0 spiro atoms. The summed E-state index contributed by atoms with van der Waals surface area (Å²) in [4.78, 5) is 13.0. The highest BCUT2D eigenvalue weighted by atomic mass is 15.2. The Kier molecular flexibility index (Phi) is 6.73. The number of hydrogen-bond acceptors (Lipinski definition) is 3. The molecule has 6 aromatic carbocycles. The Hall–Kier alpha value is -6.26. The zero-order valence-electron chi connectivity index (χ0n) is 27.5. The van der Waals surface area contributed by atoms with Crippen molar-refractivity contribution >= 4 is 33.2 Å². The summed E-state index contributed by atoms with van der Waals surface area (Å²) < 4.78 is 2.43. The monoisotopic (exact) mass is 642 g/mol. The van der Waals surface area contributed by atoms with E-state index in [-0.39, 0.29) is 0 Å². The maximum atomic E-state index is 5.29. The van der Waals surface area contributed by atoms with E-state index in [9.17, 15) is 0 Å². The Morgan fingerprint density at radius 2 is 1.12 bits per heavy atom. The van der Waals surface area contributed by atoms with Crippen LogP contribution in [-0.4, -0.2) is 20.6 Å². The minimum Gasteiger partial charge on any atom is -0.337 e. The van der Waals surface area contributed by atoms with Crippen LogP contribution in [0.4, 0.5) is 11.4 Å². The number of para-hydroxylation sites is 3. The predicted molar refractivity (Wildman–Crippen MR) is 206 cm³/mol. The minimum atomic E-state index is 0.351. The fraction of sp³-hybridized carbons (Fsp3) is 0.0870. The smallest absolute Gasteiger partial charge is 0.160 e. The van der Waals surface area contributed by atoms with Crippen molar-refractivity contribution in [3.05, 3.63) is 175 Å². The molecule has 50 heavy (non-hydrogen) atoms. The number of rotatable bonds is 5. The maximum Gasteiger partial charge on any atom is 0.160 e. The third-order valence-electron chi connectivity index (χ3n) is 10.4. The van der Waals surface area contributed by atoms with Gasteiger partial charge in [-0.2, -0.15) is 0 Å². The van der Waals surface area contributed by atoms with Gasteiger partial charge in [-0.1, -0.05) is 127 Å². The second-order valence-corrected chi connectivity index (χ2v) is 13.3. The molecule has 3 heterocycles. The lowest BCUT2D eigenvalue weighted by Gasteiger charge is -2.32. The molecule has 4 heteroatoms. The molecule has 8 aromatic rings. The first-order valence-electron chi connectivity index (χ1n) is 17.5. The number of anilines is 2. The molecule has 0 amide bonds. The van der Waals surface area contributed by atoms with E-state index in [2.05, 4.69) is 167 Å². The second-order valence-electron chi connectivity index (χ2n) is 13.3. The van der Waals surface area contributed by atoms with Crippen LogP contribution in [0.5, 0.6) is 0 Å². The largest absolute Gasteiger partial charge is 0.337 e. The summed E-state index contributed by atoms with van der Waals surface area (Å²) in [6, 6.07) is 56.7. The molecule has 0 bridgehead atoms. The SMILES string of the molecule is C1=CC2c3ccccc3N(c3cc(-c4cc(-c5ccccc5)nc(-c5ccccc5)n4)cc(-n4c5ccccc5c5ccccc54)c3)C2CC1. The summed E-state index contributed by atoms with van der Waals surface area (Å²) in [5, 5.41) is 2.50. The average Bonchev–Trinajstić information content (AvgIpc) is 3.71. The van der Waals surface area contributed by atoms with Crippen molar-refractivity contribution in [1.82, 2.24) is 14.5 Å². The molecule has 2 aromatic heterocycles. The van der Waals surface area contributed by atoms with E-state index >= 15 is 0 Å². The lowest BCUT2D eigenvalue weighted by atomic mass is 9.87. The molecule has 0 saturated carbocycles. The van der Waals surface area contributed by atoms with Gasteiger partial charge in [0, 0.05) is 56.5 Å². The van der Waals surface area contributed by atoms with Gasteiger partial charge in [-0.15, -0.1) is 0 Å². The quantitative estimate of drug-likeness (QED) is 0.175. The van der Waals surface area contributed by atoms with E-state index in [1.807, 2.05) is 12.1 Å². The van der Waals surface area contributed by atoms with Crippen molar-refractivity contribution in [3.63, 3.8) is 0 Å². The van der Waals surface area contributed by atoms with E-state index in [1.54, 1.807) is 0 Å². The van der Waals surface area contributed by atoms with E-state index in [0.717, 1.165) is 52.4 Å². The molecule has 2 atom stereocenters. The fourth-order valence-corrected chi connectivity index (χ4v) is 8.20. The van der Waals surface area contributed by atoms with Gasteiger partial charge < -0.3 is 9.47 Å². The minimum absolute atomic E-state index is 0.351. The summed E-state index contributed by atoms with van der Waals surface area (Å²) >= 11 is 0. The van der Waals surface area contributed by atoms with Gasteiger partial charge in [0.15, 0.2) is 5.82 Å². The van der Waals surface area contributed by atoms with Gasteiger partial charge in [0.1, 0.15) is 0 Å². The van der Waals surface area contributed by atoms with E-state index in [0.29, 0.717) is 12.0 Å². The highest BCUT2D eigenvalue weighted by molar-refractivity contribution is 6.09. The van der Waals surface area contributed by atoms with E-state index in [1.165, 1.54) is 38.7 Å². The molecule has 2 aliphatic rings. The number of aromatic nitrogens is 3. The molecule has 10 rings (SSSR count). The van der Waals surface area contributed by atoms with Gasteiger partial charge in [0.25, 0.3) is 0 Å². The molecule has 0 N–H and O–H groups in total. The van der Waals surface area contributed by atoms with Gasteiger partial charge in [-0.3, -0.25) is 0 Å². The summed E-state index contributed by atoms with van der Waals surface area (Å²) in [6.07, 6.45) is 6.97. The number of benzene rings is 6. The van der Waals surface area contributed by atoms with Crippen LogP contribution in [0.15, 0.2) is 170 Å². The standard InChI is InChI=1S/C46H34N4/c1-3-15-31(16-4-1)40-30-41(48-46(47-40)32-17-5-2-6-18-32)33-27-34(49-42-23-11-7-19-36(42)37-20-8-12-24-43(37)49)29-35(28-33)50-44-25-13-9-21-38(44)39-22-10-14-26-45(39)50/h1-13,15-25,27-30,39,45H,14,26H2. The predicted octanol–water partition coefficient (Wildman–Crippen LogP) is 11.5. The Balaban J connectivity index is 1.26. The third-order valence-corrected chi connectivity index (χ3v) is 10.4. The van der Waals surface area contributed by atoms with Crippen molar-refractivity contribution in [3.8, 4) is 39.6 Å². The molecule has 2 unspecified atom stereocenters. The molecular weight excluding hydrogens is 609 g/mol. The van der Waals surface area contributed by atoms with E-state index in [4.69, 9.17) is 9.97 Å². The summed E-state index contributed by atoms with van der Waals surface area (Å²) in [7, 11) is 0. The molecule has 0 radical (unpaired) electrons. The number of fused-ring (bicyclic) bond motifs is 6. The Labute approximate surface area is 291 Å². The van der Waals surface area contributed by atoms with Crippen molar-refractivity contribution in [1.29, 1.82) is 0 Å². The summed E-state index contributed by atoms with van der Waals surface area (Å²) in [5.74, 6) is 1.09. The van der Waals surface area contributed by atoms with Crippen molar-refractivity contribution in [2.75, 3.05) is 4.90 Å². The first kappa shape index (κ1) is 28.7. The highest BCUT2D eigenvalue weighted by Gasteiger charge is 2.38. The Morgan fingerprint density at radius 3 is 1.86 bits per heavy atom. The van der Waals surface area contributed by atoms with Gasteiger partial charge >= 0.3 is 0 Å². The summed E-state index contributed by atoms with van der Waals surface area (Å²) in [5.41, 5.74) is 12.3. The molecule has 0 saturated heterocycles. The first-order chi connectivity index (χ1) is 24.8. The van der Waals surface area contributed by atoms with Crippen LogP contribution in [0.3, 0.4) is 0 Å². The number of hydrogen-bond donors (Lipinski definition) is 0. The van der Waals surface area contributed by atoms with Crippen molar-refractivity contribution in [2.45, 2.75) is 24.8 Å². The lowest BCUT2D eigenvalue weighted by molar-refractivity contribution is 0.565. The zero-order valence-corrected chi connectivity index (χ0v) is 27.5. The Bertz CT molecular complexity index is 2460. The fourth-order valence-electron chi connectivity index (χ4n) is 8.20. The Morgan fingerprint density at radius 1 is 0.520 bits per heavy atom. The number of nitrogens with zero attached hydrogens (tertiary/aromatic N) is 4. The average molecular weight is 643 g/mol. The second kappa shape index (κ2) is 11.7.